The highest BCUT2D eigenvalue weighted by molar-refractivity contribution is 7.09. The van der Waals surface area contributed by atoms with Crippen LogP contribution in [-0.2, 0) is 17.6 Å². The normalized spacial score (nSPS) is 10.3. The van der Waals surface area contributed by atoms with E-state index in [9.17, 15) is 4.79 Å². The number of hydrogen-bond acceptors (Lipinski definition) is 5. The predicted molar refractivity (Wildman–Crippen MR) is 115 cm³/mol. The van der Waals surface area contributed by atoms with Gasteiger partial charge in [-0.05, 0) is 36.8 Å². The zero-order valence-electron chi connectivity index (χ0n) is 16.4. The largest absolute Gasteiger partial charge is 0.494 e. The van der Waals surface area contributed by atoms with Crippen LogP contribution in [0.15, 0.2) is 60.0 Å². The van der Waals surface area contributed by atoms with Crippen LogP contribution in [0.2, 0.25) is 0 Å². The summed E-state index contributed by atoms with van der Waals surface area (Å²) in [6.07, 6.45) is 1.25. The van der Waals surface area contributed by atoms with E-state index in [4.69, 9.17) is 10.00 Å². The third-order valence-corrected chi connectivity index (χ3v) is 5.24. The maximum atomic E-state index is 12.9. The van der Waals surface area contributed by atoms with Crippen molar-refractivity contribution in [3.63, 3.8) is 0 Å². The molecule has 1 heterocycles. The Labute approximate surface area is 175 Å². The number of rotatable bonds is 9. The second-order valence-corrected chi connectivity index (χ2v) is 7.39. The molecule has 2 aromatic carbocycles. The second-order valence-electron chi connectivity index (χ2n) is 6.45. The monoisotopic (exact) mass is 405 g/mol. The standard InChI is InChI=1S/C23H23N3O2S/c1-2-28-21-11-9-20(10-12-21)26(14-6-13-24)23(27)16-19-17-29-22(25-19)15-18-7-4-3-5-8-18/h3-5,7-12,17H,2,6,14-16H2,1H3. The first-order chi connectivity index (χ1) is 14.2. The van der Waals surface area contributed by atoms with Crippen LogP contribution >= 0.6 is 11.3 Å². The van der Waals surface area contributed by atoms with E-state index in [1.165, 1.54) is 5.56 Å². The van der Waals surface area contributed by atoms with Crippen molar-refractivity contribution in [1.29, 1.82) is 5.26 Å². The summed E-state index contributed by atoms with van der Waals surface area (Å²) >= 11 is 1.57. The Morgan fingerprint density at radius 2 is 1.93 bits per heavy atom. The summed E-state index contributed by atoms with van der Waals surface area (Å²) < 4.78 is 5.47. The highest BCUT2D eigenvalue weighted by atomic mass is 32.1. The van der Waals surface area contributed by atoms with Crippen LogP contribution in [0.25, 0.3) is 0 Å². The van der Waals surface area contributed by atoms with Gasteiger partial charge in [0.1, 0.15) is 5.75 Å². The van der Waals surface area contributed by atoms with Gasteiger partial charge in [-0.3, -0.25) is 4.79 Å². The lowest BCUT2D eigenvalue weighted by Gasteiger charge is -2.21. The van der Waals surface area contributed by atoms with Crippen molar-refractivity contribution in [2.24, 2.45) is 0 Å². The zero-order chi connectivity index (χ0) is 20.5. The Morgan fingerprint density at radius 3 is 2.62 bits per heavy atom. The second kappa shape index (κ2) is 10.4. The number of carbonyl (C=O) groups is 1. The number of thiazole rings is 1. The average molecular weight is 406 g/mol. The molecule has 0 aliphatic heterocycles. The van der Waals surface area contributed by atoms with Crippen LogP contribution in [0.3, 0.4) is 0 Å². The molecule has 0 saturated heterocycles. The van der Waals surface area contributed by atoms with Crippen LogP contribution in [0.5, 0.6) is 5.75 Å². The summed E-state index contributed by atoms with van der Waals surface area (Å²) in [5, 5.41) is 11.9. The van der Waals surface area contributed by atoms with Gasteiger partial charge >= 0.3 is 0 Å². The lowest BCUT2D eigenvalue weighted by atomic mass is 10.2. The topological polar surface area (TPSA) is 66.2 Å². The smallest absolute Gasteiger partial charge is 0.233 e. The first-order valence-electron chi connectivity index (χ1n) is 9.57. The van der Waals surface area contributed by atoms with E-state index in [1.54, 1.807) is 16.2 Å². The summed E-state index contributed by atoms with van der Waals surface area (Å²) in [6.45, 7) is 2.87. The lowest BCUT2D eigenvalue weighted by Crippen LogP contribution is -2.33. The van der Waals surface area contributed by atoms with E-state index >= 15 is 0 Å². The molecular formula is C23H23N3O2S. The number of nitriles is 1. The average Bonchev–Trinajstić information content (AvgIpc) is 3.17. The molecule has 0 unspecified atom stereocenters. The number of nitrogens with zero attached hydrogens (tertiary/aromatic N) is 3. The SMILES string of the molecule is CCOc1ccc(N(CCC#N)C(=O)Cc2csc(Cc3ccccc3)n2)cc1. The van der Waals surface area contributed by atoms with Gasteiger partial charge in [-0.1, -0.05) is 30.3 Å². The third-order valence-electron chi connectivity index (χ3n) is 4.34. The molecule has 0 atom stereocenters. The van der Waals surface area contributed by atoms with Crippen molar-refractivity contribution in [2.75, 3.05) is 18.1 Å². The molecule has 0 radical (unpaired) electrons. The van der Waals surface area contributed by atoms with Crippen LogP contribution in [0.1, 0.15) is 29.6 Å². The van der Waals surface area contributed by atoms with Gasteiger partial charge in [-0.25, -0.2) is 4.98 Å². The minimum atomic E-state index is -0.0685. The molecular weight excluding hydrogens is 382 g/mol. The Hall–Kier alpha value is -3.17. The van der Waals surface area contributed by atoms with Crippen molar-refractivity contribution in [3.8, 4) is 11.8 Å². The number of hydrogen-bond donors (Lipinski definition) is 0. The molecule has 3 rings (SSSR count). The van der Waals surface area contributed by atoms with Crippen molar-refractivity contribution in [2.45, 2.75) is 26.2 Å². The Morgan fingerprint density at radius 1 is 1.17 bits per heavy atom. The van der Waals surface area contributed by atoms with Crippen molar-refractivity contribution >= 4 is 22.9 Å². The molecule has 0 aliphatic rings. The maximum Gasteiger partial charge on any atom is 0.233 e. The van der Waals surface area contributed by atoms with Crippen molar-refractivity contribution in [3.05, 3.63) is 76.2 Å². The number of aromatic nitrogens is 1. The predicted octanol–water partition coefficient (Wildman–Crippen LogP) is 4.62. The first kappa shape index (κ1) is 20.6. The van der Waals surface area contributed by atoms with Crippen LogP contribution in [0.4, 0.5) is 5.69 Å². The fourth-order valence-electron chi connectivity index (χ4n) is 2.98. The Kier molecular flexibility index (Phi) is 7.37. The van der Waals surface area contributed by atoms with Gasteiger partial charge in [-0.15, -0.1) is 11.3 Å². The third kappa shape index (κ3) is 5.90. The summed E-state index contributed by atoms with van der Waals surface area (Å²) in [6, 6.07) is 19.7. The molecule has 0 spiro atoms. The molecule has 6 heteroatoms. The molecule has 0 bridgehead atoms. The zero-order valence-corrected chi connectivity index (χ0v) is 17.2. The van der Waals surface area contributed by atoms with Crippen LogP contribution in [-0.4, -0.2) is 24.0 Å². The van der Waals surface area contributed by atoms with Crippen molar-refractivity contribution < 1.29 is 9.53 Å². The molecule has 1 aromatic heterocycles. The van der Waals surface area contributed by atoms with Gasteiger partial charge in [0, 0.05) is 24.0 Å². The number of carbonyl (C=O) groups excluding carboxylic acids is 1. The quantitative estimate of drug-likeness (QED) is 0.521. The molecule has 0 saturated carbocycles. The molecule has 29 heavy (non-hydrogen) atoms. The molecule has 0 fully saturated rings. The van der Waals surface area contributed by atoms with Crippen LogP contribution < -0.4 is 9.64 Å². The van der Waals surface area contributed by atoms with Gasteiger partial charge in [0.15, 0.2) is 0 Å². The highest BCUT2D eigenvalue weighted by Crippen LogP contribution is 2.22. The Balaban J connectivity index is 1.69. The van der Waals surface area contributed by atoms with E-state index in [1.807, 2.05) is 54.8 Å². The molecule has 3 aromatic rings. The number of benzene rings is 2. The van der Waals surface area contributed by atoms with E-state index in [0.717, 1.165) is 28.6 Å². The fourth-order valence-corrected chi connectivity index (χ4v) is 3.81. The Bertz CT molecular complexity index is 962. The number of amides is 1. The van der Waals surface area contributed by atoms with Crippen LogP contribution in [0, 0.1) is 11.3 Å². The molecule has 148 valence electrons. The summed E-state index contributed by atoms with van der Waals surface area (Å²) in [4.78, 5) is 19.2. The van der Waals surface area contributed by atoms with E-state index in [-0.39, 0.29) is 18.7 Å². The fraction of sp³-hybridized carbons (Fsp3) is 0.261. The minimum Gasteiger partial charge on any atom is -0.494 e. The number of ether oxygens (including phenoxy) is 1. The molecule has 5 nitrogen and oxygen atoms in total. The lowest BCUT2D eigenvalue weighted by molar-refractivity contribution is -0.118. The maximum absolute atomic E-state index is 12.9. The number of anilines is 1. The van der Waals surface area contributed by atoms with Gasteiger partial charge in [0.05, 0.1) is 36.2 Å². The van der Waals surface area contributed by atoms with E-state index < -0.39 is 0 Å². The van der Waals surface area contributed by atoms with Gasteiger partial charge < -0.3 is 9.64 Å². The highest BCUT2D eigenvalue weighted by Gasteiger charge is 2.18. The van der Waals surface area contributed by atoms with Gasteiger partial charge in [0.2, 0.25) is 5.91 Å². The minimum absolute atomic E-state index is 0.0685. The van der Waals surface area contributed by atoms with Gasteiger partial charge in [0.25, 0.3) is 0 Å². The van der Waals surface area contributed by atoms with E-state index in [2.05, 4.69) is 23.2 Å². The van der Waals surface area contributed by atoms with E-state index in [0.29, 0.717) is 13.2 Å². The van der Waals surface area contributed by atoms with Crippen molar-refractivity contribution in [1.82, 2.24) is 4.98 Å². The molecule has 0 aliphatic carbocycles. The molecule has 1 amide bonds. The summed E-state index contributed by atoms with van der Waals surface area (Å²) in [5.41, 5.74) is 2.72. The summed E-state index contributed by atoms with van der Waals surface area (Å²) in [7, 11) is 0. The summed E-state index contributed by atoms with van der Waals surface area (Å²) in [5.74, 6) is 0.690. The first-order valence-corrected chi connectivity index (χ1v) is 10.4. The van der Waals surface area contributed by atoms with Gasteiger partial charge in [-0.2, -0.15) is 5.26 Å². The molecule has 0 N–H and O–H groups in total.